The lowest BCUT2D eigenvalue weighted by Gasteiger charge is -2.35. The zero-order valence-corrected chi connectivity index (χ0v) is 14.0. The fourth-order valence-electron chi connectivity index (χ4n) is 3.27. The van der Waals surface area contributed by atoms with E-state index >= 15 is 0 Å². The molecule has 24 heavy (non-hydrogen) atoms. The van der Waals surface area contributed by atoms with E-state index in [4.69, 9.17) is 0 Å². The Balaban J connectivity index is 1.63. The molecule has 1 saturated carbocycles. The van der Waals surface area contributed by atoms with E-state index in [1.807, 2.05) is 30.3 Å². The van der Waals surface area contributed by atoms with Crippen molar-refractivity contribution in [2.45, 2.75) is 19.4 Å². The van der Waals surface area contributed by atoms with Crippen LogP contribution in [0.2, 0.25) is 0 Å². The molecule has 3 amide bonds. The number of hydrogen-bond donors (Lipinski definition) is 0. The van der Waals surface area contributed by atoms with Gasteiger partial charge in [-0.15, -0.1) is 0 Å². The third kappa shape index (κ3) is 3.13. The van der Waals surface area contributed by atoms with Crippen molar-refractivity contribution in [3.63, 3.8) is 0 Å². The molecule has 0 aromatic heterocycles. The number of amides is 3. The van der Waals surface area contributed by atoms with Gasteiger partial charge < -0.3 is 14.7 Å². The molecule has 128 valence electrons. The molecule has 1 aliphatic carbocycles. The lowest BCUT2D eigenvalue weighted by molar-refractivity contribution is -0.150. The Morgan fingerprint density at radius 1 is 1.12 bits per heavy atom. The van der Waals surface area contributed by atoms with Crippen LogP contribution in [0.4, 0.5) is 0 Å². The van der Waals surface area contributed by atoms with Gasteiger partial charge in [-0.05, 0) is 18.4 Å². The maximum absolute atomic E-state index is 12.8. The summed E-state index contributed by atoms with van der Waals surface area (Å²) in [5.74, 6) is -0.160. The smallest absolute Gasteiger partial charge is 0.238 e. The second kappa shape index (κ2) is 6.63. The average molecular weight is 329 g/mol. The van der Waals surface area contributed by atoms with Crippen molar-refractivity contribution < 1.29 is 14.4 Å². The summed E-state index contributed by atoms with van der Waals surface area (Å²) in [7, 11) is 1.76. The third-order valence-electron chi connectivity index (χ3n) is 4.93. The predicted molar refractivity (Wildman–Crippen MR) is 88.8 cm³/mol. The SMILES string of the molecule is CN(Cc1ccccc1)C(=O)C1(C(=O)N2CCN(C=O)CC2)CC1. The summed E-state index contributed by atoms with van der Waals surface area (Å²) in [6.45, 7) is 2.61. The fraction of sp³-hybridized carbons (Fsp3) is 0.500. The highest BCUT2D eigenvalue weighted by Crippen LogP contribution is 2.49. The fourth-order valence-corrected chi connectivity index (χ4v) is 3.27. The van der Waals surface area contributed by atoms with Gasteiger partial charge in [0.2, 0.25) is 18.2 Å². The van der Waals surface area contributed by atoms with Crippen LogP contribution in [0.5, 0.6) is 0 Å². The zero-order valence-electron chi connectivity index (χ0n) is 14.0. The molecular weight excluding hydrogens is 306 g/mol. The van der Waals surface area contributed by atoms with E-state index in [1.165, 1.54) is 0 Å². The lowest BCUT2D eigenvalue weighted by Crippen LogP contribution is -2.53. The van der Waals surface area contributed by atoms with Crippen LogP contribution >= 0.6 is 0 Å². The molecule has 1 heterocycles. The second-order valence-electron chi connectivity index (χ2n) is 6.66. The van der Waals surface area contributed by atoms with Gasteiger partial charge in [0.15, 0.2) is 0 Å². The second-order valence-corrected chi connectivity index (χ2v) is 6.66. The number of piperazine rings is 1. The van der Waals surface area contributed by atoms with Crippen LogP contribution < -0.4 is 0 Å². The molecule has 6 heteroatoms. The molecular formula is C18H23N3O3. The Hall–Kier alpha value is -2.37. The molecule has 2 fully saturated rings. The van der Waals surface area contributed by atoms with Crippen molar-refractivity contribution in [1.82, 2.24) is 14.7 Å². The molecule has 3 rings (SSSR count). The van der Waals surface area contributed by atoms with Crippen molar-refractivity contribution in [2.75, 3.05) is 33.2 Å². The Morgan fingerprint density at radius 3 is 2.29 bits per heavy atom. The highest BCUT2D eigenvalue weighted by atomic mass is 16.2. The number of carbonyl (C=O) groups is 3. The summed E-state index contributed by atoms with van der Waals surface area (Å²) in [6, 6.07) is 9.78. The number of carbonyl (C=O) groups excluding carboxylic acids is 3. The van der Waals surface area contributed by atoms with E-state index in [9.17, 15) is 14.4 Å². The molecule has 6 nitrogen and oxygen atoms in total. The zero-order chi connectivity index (χ0) is 17.2. The summed E-state index contributed by atoms with van der Waals surface area (Å²) in [6.07, 6.45) is 2.06. The van der Waals surface area contributed by atoms with Gasteiger partial charge in [0.1, 0.15) is 5.41 Å². The van der Waals surface area contributed by atoms with Gasteiger partial charge in [-0.25, -0.2) is 0 Å². The van der Waals surface area contributed by atoms with Gasteiger partial charge in [-0.3, -0.25) is 14.4 Å². The minimum absolute atomic E-state index is 0.0713. The molecule has 1 saturated heterocycles. The van der Waals surface area contributed by atoms with Crippen LogP contribution in [0, 0.1) is 5.41 Å². The van der Waals surface area contributed by atoms with Crippen molar-refractivity contribution in [3.05, 3.63) is 35.9 Å². The Morgan fingerprint density at radius 2 is 1.75 bits per heavy atom. The quantitative estimate of drug-likeness (QED) is 0.591. The van der Waals surface area contributed by atoms with Gasteiger partial charge >= 0.3 is 0 Å². The first-order chi connectivity index (χ1) is 11.6. The minimum Gasteiger partial charge on any atom is -0.342 e. The van der Waals surface area contributed by atoms with Crippen LogP contribution in [0.3, 0.4) is 0 Å². The molecule has 0 radical (unpaired) electrons. The van der Waals surface area contributed by atoms with E-state index in [0.29, 0.717) is 45.6 Å². The maximum atomic E-state index is 12.8. The average Bonchev–Trinajstić information content (AvgIpc) is 3.43. The van der Waals surface area contributed by atoms with Gasteiger partial charge in [0.05, 0.1) is 0 Å². The predicted octanol–water partition coefficient (Wildman–Crippen LogP) is 0.726. The molecule has 1 aromatic carbocycles. The first-order valence-corrected chi connectivity index (χ1v) is 8.35. The maximum Gasteiger partial charge on any atom is 0.238 e. The summed E-state index contributed by atoms with van der Waals surface area (Å²) in [5.41, 5.74) is 0.184. The van der Waals surface area contributed by atoms with Gasteiger partial charge in [-0.1, -0.05) is 30.3 Å². The van der Waals surface area contributed by atoms with Crippen molar-refractivity contribution in [3.8, 4) is 0 Å². The highest BCUT2D eigenvalue weighted by Gasteiger charge is 2.59. The van der Waals surface area contributed by atoms with Gasteiger partial charge in [-0.2, -0.15) is 0 Å². The van der Waals surface area contributed by atoms with Crippen LogP contribution in [-0.2, 0) is 20.9 Å². The van der Waals surface area contributed by atoms with E-state index in [-0.39, 0.29) is 11.8 Å². The molecule has 1 aliphatic heterocycles. The molecule has 1 aromatic rings. The van der Waals surface area contributed by atoms with Crippen molar-refractivity contribution in [1.29, 1.82) is 0 Å². The number of nitrogens with zero attached hydrogens (tertiary/aromatic N) is 3. The van der Waals surface area contributed by atoms with E-state index in [2.05, 4.69) is 0 Å². The summed E-state index contributed by atoms with van der Waals surface area (Å²) < 4.78 is 0. The highest BCUT2D eigenvalue weighted by molar-refractivity contribution is 6.07. The van der Waals surface area contributed by atoms with Crippen LogP contribution in [-0.4, -0.2) is 66.2 Å². The van der Waals surface area contributed by atoms with Crippen LogP contribution in [0.25, 0.3) is 0 Å². The van der Waals surface area contributed by atoms with E-state index in [1.54, 1.807) is 21.7 Å². The van der Waals surface area contributed by atoms with Crippen molar-refractivity contribution in [2.24, 2.45) is 5.41 Å². The topological polar surface area (TPSA) is 60.9 Å². The number of hydrogen-bond acceptors (Lipinski definition) is 3. The van der Waals surface area contributed by atoms with E-state index < -0.39 is 5.41 Å². The molecule has 2 aliphatic rings. The Bertz CT molecular complexity index is 620. The first kappa shape index (κ1) is 16.5. The Kier molecular flexibility index (Phi) is 4.55. The molecule has 0 spiro atoms. The molecule has 0 unspecified atom stereocenters. The Labute approximate surface area is 142 Å². The van der Waals surface area contributed by atoms with Gasteiger partial charge in [0, 0.05) is 39.8 Å². The number of benzene rings is 1. The normalized spacial score (nSPS) is 18.9. The monoisotopic (exact) mass is 329 g/mol. The van der Waals surface area contributed by atoms with E-state index in [0.717, 1.165) is 12.0 Å². The summed E-state index contributed by atoms with van der Waals surface area (Å²) >= 11 is 0. The standard InChI is InChI=1S/C18H23N3O3/c1-19(13-15-5-3-2-4-6-15)16(23)18(7-8-18)17(24)21-11-9-20(14-22)10-12-21/h2-6,14H,7-13H2,1H3. The lowest BCUT2D eigenvalue weighted by atomic mass is 10.0. The minimum atomic E-state index is -0.868. The summed E-state index contributed by atoms with van der Waals surface area (Å²) in [5, 5.41) is 0. The number of rotatable bonds is 5. The first-order valence-electron chi connectivity index (χ1n) is 8.35. The molecule has 0 bridgehead atoms. The van der Waals surface area contributed by atoms with Gasteiger partial charge in [0.25, 0.3) is 0 Å². The van der Waals surface area contributed by atoms with Crippen LogP contribution in [0.15, 0.2) is 30.3 Å². The van der Waals surface area contributed by atoms with Crippen molar-refractivity contribution >= 4 is 18.2 Å². The third-order valence-corrected chi connectivity index (χ3v) is 4.93. The molecule has 0 N–H and O–H groups in total. The molecule has 0 atom stereocenters. The largest absolute Gasteiger partial charge is 0.342 e. The summed E-state index contributed by atoms with van der Waals surface area (Å²) in [4.78, 5) is 41.5. The van der Waals surface area contributed by atoms with Crippen LogP contribution in [0.1, 0.15) is 18.4 Å².